The zero-order chi connectivity index (χ0) is 34.3. The van der Waals surface area contributed by atoms with Crippen LogP contribution in [0.5, 0.6) is 5.75 Å². The number of hydrogen-bond donors (Lipinski definition) is 2. The van der Waals surface area contributed by atoms with Gasteiger partial charge >= 0.3 is 12.1 Å². The zero-order valence-corrected chi connectivity index (χ0v) is 28.3. The molecule has 0 unspecified atom stereocenters. The van der Waals surface area contributed by atoms with Crippen molar-refractivity contribution in [3.8, 4) is 16.9 Å². The Morgan fingerprint density at radius 1 is 0.917 bits per heavy atom. The molecule has 1 aliphatic heterocycles. The first kappa shape index (κ1) is 35.1. The number of carbonyl (C=O) groups is 2. The lowest BCUT2D eigenvalue weighted by molar-refractivity contribution is 0.0698. The molecule has 1 aliphatic carbocycles. The summed E-state index contributed by atoms with van der Waals surface area (Å²) >= 11 is 0. The van der Waals surface area contributed by atoms with Crippen LogP contribution in [0.2, 0.25) is 0 Å². The van der Waals surface area contributed by atoms with Crippen molar-refractivity contribution in [2.24, 2.45) is 5.92 Å². The van der Waals surface area contributed by atoms with Crippen LogP contribution in [0.1, 0.15) is 42.5 Å². The van der Waals surface area contributed by atoms with E-state index in [-0.39, 0.29) is 54.5 Å². The summed E-state index contributed by atoms with van der Waals surface area (Å²) in [5.74, 6) is -0.731. The lowest BCUT2D eigenvalue weighted by atomic mass is 9.83. The molecule has 0 aromatic heterocycles. The standard InChI is InChI=1S/C35H43N3O9S/c1-37-31(24-10-6-4-7-11-24)23-38(26-12-8-5-9-13-26)30-22-32(46-18-16-44-2)27(21-33(30)48(37,42)43)25-14-15-29(28(20-25)34(39)40)36-35(41)47-19-17-45-3/h5,8-9,12-15,20-22,24,31H,4,6-7,10-11,16-19,23H2,1-3H3,(H,36,41)(H,39,40)/t31-/m0/s1. The number of ether oxygens (including phenoxy) is 4. The number of sulfonamides is 1. The van der Waals surface area contributed by atoms with Gasteiger partial charge in [0.2, 0.25) is 10.0 Å². The average molecular weight is 682 g/mol. The summed E-state index contributed by atoms with van der Waals surface area (Å²) in [7, 11) is 0.659. The number of carboxylic acids is 1. The topological polar surface area (TPSA) is 144 Å². The van der Waals surface area contributed by atoms with Gasteiger partial charge in [0.1, 0.15) is 23.9 Å². The smallest absolute Gasteiger partial charge is 0.411 e. The first-order valence-electron chi connectivity index (χ1n) is 16.1. The van der Waals surface area contributed by atoms with Gasteiger partial charge in [0.25, 0.3) is 0 Å². The SMILES string of the molecule is COCCOC(=O)Nc1ccc(-c2cc3c(cc2OCCOC)N(c2ccccc2)C[C@@H](C2CCCCC2)N(C)S3(=O)=O)cc1C(=O)O. The fraction of sp³-hybridized carbons (Fsp3) is 0.429. The van der Waals surface area contributed by atoms with E-state index in [0.717, 1.165) is 37.8 Å². The lowest BCUT2D eigenvalue weighted by Gasteiger charge is -2.36. The van der Waals surface area contributed by atoms with Crippen LogP contribution in [-0.4, -0.2) is 90.2 Å². The highest BCUT2D eigenvalue weighted by molar-refractivity contribution is 7.89. The van der Waals surface area contributed by atoms with Gasteiger partial charge in [0, 0.05) is 51.2 Å². The van der Waals surface area contributed by atoms with Crippen molar-refractivity contribution in [3.05, 3.63) is 66.2 Å². The number of benzene rings is 3. The van der Waals surface area contributed by atoms with Gasteiger partial charge in [-0.1, -0.05) is 43.5 Å². The number of methoxy groups -OCH3 is 2. The van der Waals surface area contributed by atoms with E-state index >= 15 is 0 Å². The maximum absolute atomic E-state index is 14.5. The molecular weight excluding hydrogens is 638 g/mol. The second kappa shape index (κ2) is 15.8. The lowest BCUT2D eigenvalue weighted by Crippen LogP contribution is -2.46. The molecule has 48 heavy (non-hydrogen) atoms. The minimum atomic E-state index is -4.02. The number of carbonyl (C=O) groups excluding carboxylic acids is 1. The maximum Gasteiger partial charge on any atom is 0.411 e. The third-order valence-electron chi connectivity index (χ3n) is 8.97. The van der Waals surface area contributed by atoms with Crippen LogP contribution in [0, 0.1) is 5.92 Å². The summed E-state index contributed by atoms with van der Waals surface area (Å²) in [6.45, 7) is 1.08. The molecule has 2 N–H and O–H groups in total. The molecule has 2 aliphatic rings. The van der Waals surface area contributed by atoms with Gasteiger partial charge < -0.3 is 29.0 Å². The molecule has 0 radical (unpaired) electrons. The summed E-state index contributed by atoms with van der Waals surface area (Å²) in [6, 6.07) is 17.1. The van der Waals surface area contributed by atoms with Crippen molar-refractivity contribution < 1.29 is 42.1 Å². The van der Waals surface area contributed by atoms with E-state index in [9.17, 15) is 23.1 Å². The Morgan fingerprint density at radius 3 is 2.31 bits per heavy atom. The Bertz CT molecular complexity index is 1690. The first-order chi connectivity index (χ1) is 23.1. The van der Waals surface area contributed by atoms with Gasteiger partial charge in [0.05, 0.1) is 30.2 Å². The van der Waals surface area contributed by atoms with E-state index in [4.69, 9.17) is 18.9 Å². The molecule has 1 amide bonds. The molecule has 1 atom stereocenters. The summed E-state index contributed by atoms with van der Waals surface area (Å²) < 4.78 is 52.0. The number of amides is 1. The van der Waals surface area contributed by atoms with Gasteiger partial charge in [-0.2, -0.15) is 4.31 Å². The van der Waals surface area contributed by atoms with Gasteiger partial charge in [-0.3, -0.25) is 5.32 Å². The number of rotatable bonds is 12. The van der Waals surface area contributed by atoms with E-state index < -0.39 is 22.1 Å². The van der Waals surface area contributed by atoms with Crippen molar-refractivity contribution in [2.45, 2.75) is 43.0 Å². The van der Waals surface area contributed by atoms with Crippen LogP contribution in [0.25, 0.3) is 11.1 Å². The van der Waals surface area contributed by atoms with Crippen molar-refractivity contribution in [1.82, 2.24) is 4.31 Å². The molecule has 3 aromatic rings. The largest absolute Gasteiger partial charge is 0.490 e. The Balaban J connectivity index is 1.65. The van der Waals surface area contributed by atoms with Crippen LogP contribution in [0.3, 0.4) is 0 Å². The van der Waals surface area contributed by atoms with Gasteiger partial charge in [0.15, 0.2) is 0 Å². The number of hydrogen-bond acceptors (Lipinski definition) is 9. The van der Waals surface area contributed by atoms with Crippen molar-refractivity contribution in [2.75, 3.05) is 64.5 Å². The molecule has 0 saturated heterocycles. The Kier molecular flexibility index (Phi) is 11.6. The van der Waals surface area contributed by atoms with Crippen LogP contribution >= 0.6 is 0 Å². The molecule has 5 rings (SSSR count). The van der Waals surface area contributed by atoms with Gasteiger partial charge in [-0.05, 0) is 54.7 Å². The van der Waals surface area contributed by atoms with Crippen LogP contribution < -0.4 is 15.0 Å². The Hall–Kier alpha value is -4.17. The van der Waals surface area contributed by atoms with Gasteiger partial charge in [-0.15, -0.1) is 0 Å². The summed E-state index contributed by atoms with van der Waals surface area (Å²) in [5, 5.41) is 12.6. The quantitative estimate of drug-likeness (QED) is 0.219. The number of para-hydroxylation sites is 1. The highest BCUT2D eigenvalue weighted by Crippen LogP contribution is 2.46. The van der Waals surface area contributed by atoms with Crippen molar-refractivity contribution in [3.63, 3.8) is 0 Å². The molecule has 0 bridgehead atoms. The highest BCUT2D eigenvalue weighted by Gasteiger charge is 2.41. The molecule has 258 valence electrons. The van der Waals surface area contributed by atoms with Gasteiger partial charge in [-0.25, -0.2) is 18.0 Å². The first-order valence-corrected chi connectivity index (χ1v) is 17.5. The van der Waals surface area contributed by atoms with Crippen LogP contribution in [-0.2, 0) is 24.2 Å². The third-order valence-corrected chi connectivity index (χ3v) is 10.9. The maximum atomic E-state index is 14.5. The molecular formula is C35H43N3O9S. The molecule has 13 heteroatoms. The molecule has 12 nitrogen and oxygen atoms in total. The normalized spacial score (nSPS) is 18.1. The average Bonchev–Trinajstić information content (AvgIpc) is 3.17. The molecule has 1 heterocycles. The predicted molar refractivity (Wildman–Crippen MR) is 182 cm³/mol. The second-order valence-corrected chi connectivity index (χ2v) is 13.9. The fourth-order valence-corrected chi connectivity index (χ4v) is 8.07. The van der Waals surface area contributed by atoms with Crippen molar-refractivity contribution in [1.29, 1.82) is 0 Å². The summed E-state index contributed by atoms with van der Waals surface area (Å²) in [4.78, 5) is 26.8. The Labute approximate surface area is 281 Å². The molecule has 1 saturated carbocycles. The molecule has 0 spiro atoms. The van der Waals surface area contributed by atoms with Crippen molar-refractivity contribution >= 4 is 39.1 Å². The van der Waals surface area contributed by atoms with Crippen LogP contribution in [0.4, 0.5) is 21.9 Å². The van der Waals surface area contributed by atoms with E-state index in [1.807, 2.05) is 35.2 Å². The second-order valence-electron chi connectivity index (χ2n) is 11.9. The minimum Gasteiger partial charge on any atom is -0.490 e. The molecule has 3 aromatic carbocycles. The van der Waals surface area contributed by atoms with E-state index in [1.54, 1.807) is 32.4 Å². The van der Waals surface area contributed by atoms with Crippen LogP contribution in [0.15, 0.2) is 65.6 Å². The van der Waals surface area contributed by atoms with E-state index in [2.05, 4.69) is 5.32 Å². The number of nitrogens with one attached hydrogen (secondary N) is 1. The number of nitrogens with zero attached hydrogens (tertiary/aromatic N) is 2. The number of likely N-dealkylation sites (N-methyl/N-ethyl adjacent to an activating group) is 1. The fourth-order valence-electron chi connectivity index (χ4n) is 6.46. The summed E-state index contributed by atoms with van der Waals surface area (Å²) in [6.07, 6.45) is 4.36. The zero-order valence-electron chi connectivity index (χ0n) is 27.5. The Morgan fingerprint density at radius 2 is 1.62 bits per heavy atom. The highest BCUT2D eigenvalue weighted by atomic mass is 32.2. The number of aromatic carboxylic acids is 1. The number of carboxylic acid groups (broad SMARTS) is 1. The number of anilines is 3. The summed E-state index contributed by atoms with van der Waals surface area (Å²) in [5.41, 5.74) is 1.89. The monoisotopic (exact) mass is 681 g/mol. The number of fused-ring (bicyclic) bond motifs is 1. The molecule has 1 fully saturated rings. The van der Waals surface area contributed by atoms with E-state index in [1.165, 1.54) is 23.5 Å². The third kappa shape index (κ3) is 7.75. The predicted octanol–water partition coefficient (Wildman–Crippen LogP) is 5.99. The minimum absolute atomic E-state index is 0.00928. The van der Waals surface area contributed by atoms with E-state index in [0.29, 0.717) is 29.1 Å².